The maximum atomic E-state index is 12.4. The Kier molecular flexibility index (Phi) is 5.43. The highest BCUT2D eigenvalue weighted by Gasteiger charge is 2.41. The summed E-state index contributed by atoms with van der Waals surface area (Å²) in [5.74, 6) is 1.84. The van der Waals surface area contributed by atoms with E-state index in [1.807, 2.05) is 20.8 Å². The molecule has 5 heterocycles. The van der Waals surface area contributed by atoms with Crippen molar-refractivity contribution in [3.05, 3.63) is 18.0 Å². The van der Waals surface area contributed by atoms with E-state index < -0.39 is 5.60 Å². The van der Waals surface area contributed by atoms with Gasteiger partial charge in [-0.25, -0.2) is 19.7 Å². The molecule has 3 aliphatic rings. The number of nitrogens with two attached hydrogens (primary N) is 1. The van der Waals surface area contributed by atoms with Crippen molar-refractivity contribution in [1.82, 2.24) is 24.8 Å². The van der Waals surface area contributed by atoms with Crippen LogP contribution in [-0.4, -0.2) is 88.5 Å². The normalized spacial score (nSPS) is 18.8. The SMILES string of the molecule is CC(C)(C)OC(=O)N1CC(N2CCc3c(-c4cnc(N)nc4)nc(N4CCOCC4)nc32)C1. The van der Waals surface area contributed by atoms with Gasteiger partial charge in [0, 0.05) is 56.2 Å². The first kappa shape index (κ1) is 21.6. The van der Waals surface area contributed by atoms with Gasteiger partial charge in [0.1, 0.15) is 11.4 Å². The number of nitrogens with zero attached hydrogens (tertiary/aromatic N) is 7. The van der Waals surface area contributed by atoms with E-state index in [2.05, 4.69) is 19.8 Å². The largest absolute Gasteiger partial charge is 0.444 e. The van der Waals surface area contributed by atoms with E-state index in [0.717, 1.165) is 48.7 Å². The molecule has 2 fully saturated rings. The second kappa shape index (κ2) is 8.29. The molecular formula is C22H30N8O3. The molecule has 11 heteroatoms. The highest BCUT2D eigenvalue weighted by Crippen LogP contribution is 2.38. The number of aromatic nitrogens is 4. The molecule has 2 aromatic heterocycles. The molecule has 0 bridgehead atoms. The van der Waals surface area contributed by atoms with Crippen molar-refractivity contribution in [1.29, 1.82) is 0 Å². The zero-order chi connectivity index (χ0) is 23.2. The van der Waals surface area contributed by atoms with E-state index in [4.69, 9.17) is 25.2 Å². The molecule has 33 heavy (non-hydrogen) atoms. The zero-order valence-electron chi connectivity index (χ0n) is 19.3. The van der Waals surface area contributed by atoms with Crippen molar-refractivity contribution < 1.29 is 14.3 Å². The van der Waals surface area contributed by atoms with E-state index in [1.54, 1.807) is 17.3 Å². The van der Waals surface area contributed by atoms with E-state index in [0.29, 0.717) is 32.3 Å². The van der Waals surface area contributed by atoms with Gasteiger partial charge in [-0.2, -0.15) is 4.98 Å². The van der Waals surface area contributed by atoms with E-state index in [-0.39, 0.29) is 18.1 Å². The lowest BCUT2D eigenvalue weighted by Gasteiger charge is -2.44. The van der Waals surface area contributed by atoms with Crippen LogP contribution in [0, 0.1) is 0 Å². The lowest BCUT2D eigenvalue weighted by atomic mass is 10.1. The first-order valence-electron chi connectivity index (χ1n) is 11.3. The molecule has 0 spiro atoms. The van der Waals surface area contributed by atoms with Crippen LogP contribution in [0.4, 0.5) is 22.5 Å². The number of fused-ring (bicyclic) bond motifs is 1. The lowest BCUT2D eigenvalue weighted by molar-refractivity contribution is 0.00821. The molecule has 5 rings (SSSR count). The Hall–Kier alpha value is -3.21. The van der Waals surface area contributed by atoms with Crippen LogP contribution in [0.5, 0.6) is 0 Å². The molecule has 3 aliphatic heterocycles. The van der Waals surface area contributed by atoms with Gasteiger partial charge in [-0.05, 0) is 27.2 Å². The second-order valence-corrected chi connectivity index (χ2v) is 9.59. The minimum atomic E-state index is -0.501. The fourth-order valence-electron chi connectivity index (χ4n) is 4.35. The van der Waals surface area contributed by atoms with Crippen molar-refractivity contribution in [2.45, 2.75) is 38.8 Å². The number of hydrogen-bond acceptors (Lipinski definition) is 10. The summed E-state index contributed by atoms with van der Waals surface area (Å²) in [6.45, 7) is 10.5. The van der Waals surface area contributed by atoms with Crippen LogP contribution in [0.25, 0.3) is 11.3 Å². The minimum Gasteiger partial charge on any atom is -0.444 e. The van der Waals surface area contributed by atoms with Crippen LogP contribution in [0.1, 0.15) is 26.3 Å². The molecule has 11 nitrogen and oxygen atoms in total. The van der Waals surface area contributed by atoms with Gasteiger partial charge in [0.05, 0.1) is 24.9 Å². The summed E-state index contributed by atoms with van der Waals surface area (Å²) < 4.78 is 11.0. The Morgan fingerprint density at radius 2 is 1.82 bits per heavy atom. The first-order valence-corrected chi connectivity index (χ1v) is 11.3. The van der Waals surface area contributed by atoms with Crippen LogP contribution in [0.3, 0.4) is 0 Å². The molecule has 2 saturated heterocycles. The number of likely N-dealkylation sites (tertiary alicyclic amines) is 1. The van der Waals surface area contributed by atoms with Crippen LogP contribution in [0.2, 0.25) is 0 Å². The summed E-state index contributed by atoms with van der Waals surface area (Å²) in [5.41, 5.74) is 7.94. The Morgan fingerprint density at radius 3 is 2.48 bits per heavy atom. The first-order chi connectivity index (χ1) is 15.8. The number of carbonyl (C=O) groups excluding carboxylic acids is 1. The van der Waals surface area contributed by atoms with Gasteiger partial charge in [0.15, 0.2) is 0 Å². The smallest absolute Gasteiger partial charge is 0.410 e. The van der Waals surface area contributed by atoms with Gasteiger partial charge >= 0.3 is 6.09 Å². The maximum Gasteiger partial charge on any atom is 0.410 e. The number of hydrogen-bond donors (Lipinski definition) is 1. The number of ether oxygens (including phenoxy) is 2. The average molecular weight is 455 g/mol. The maximum absolute atomic E-state index is 12.4. The molecule has 2 N–H and O–H groups in total. The summed E-state index contributed by atoms with van der Waals surface area (Å²) in [6, 6.07) is 0.196. The predicted molar refractivity (Wildman–Crippen MR) is 123 cm³/mol. The van der Waals surface area contributed by atoms with Crippen molar-refractivity contribution in [3.63, 3.8) is 0 Å². The Balaban J connectivity index is 1.42. The van der Waals surface area contributed by atoms with E-state index >= 15 is 0 Å². The molecule has 0 saturated carbocycles. The number of nitrogen functional groups attached to an aromatic ring is 1. The minimum absolute atomic E-state index is 0.196. The standard InChI is InChI=1S/C22H30N8O3/c1-22(2,3)33-21(31)29-12-15(13-29)30-5-4-16-17(14-10-24-19(23)25-11-14)26-20(27-18(16)30)28-6-8-32-9-7-28/h10-11,15H,4-9,12-13H2,1-3H3,(H2,23,24,25). The number of morpholine rings is 1. The molecule has 0 atom stereocenters. The molecule has 0 aromatic carbocycles. The highest BCUT2D eigenvalue weighted by atomic mass is 16.6. The molecule has 0 aliphatic carbocycles. The summed E-state index contributed by atoms with van der Waals surface area (Å²) in [6.07, 6.45) is 3.98. The molecule has 2 aromatic rings. The van der Waals surface area contributed by atoms with Gasteiger partial charge < -0.3 is 29.9 Å². The third-order valence-corrected chi connectivity index (χ3v) is 6.04. The lowest BCUT2D eigenvalue weighted by Crippen LogP contribution is -2.61. The second-order valence-electron chi connectivity index (χ2n) is 9.59. The quantitative estimate of drug-likeness (QED) is 0.726. The van der Waals surface area contributed by atoms with Gasteiger partial charge in [-0.1, -0.05) is 0 Å². The Labute approximate surface area is 192 Å². The number of amides is 1. The van der Waals surface area contributed by atoms with Gasteiger partial charge in [0.25, 0.3) is 0 Å². The molecule has 176 valence electrons. The highest BCUT2D eigenvalue weighted by molar-refractivity contribution is 5.74. The van der Waals surface area contributed by atoms with Crippen LogP contribution >= 0.6 is 0 Å². The Bertz CT molecular complexity index is 1030. The topological polar surface area (TPSA) is 123 Å². The average Bonchev–Trinajstić information content (AvgIpc) is 3.16. The van der Waals surface area contributed by atoms with Gasteiger partial charge in [-0.3, -0.25) is 0 Å². The molecular weight excluding hydrogens is 424 g/mol. The number of rotatable bonds is 3. The van der Waals surface area contributed by atoms with Gasteiger partial charge in [0.2, 0.25) is 11.9 Å². The zero-order valence-corrected chi connectivity index (χ0v) is 19.3. The van der Waals surface area contributed by atoms with Crippen molar-refractivity contribution in [2.75, 3.05) is 61.5 Å². The molecule has 0 unspecified atom stereocenters. The van der Waals surface area contributed by atoms with Crippen LogP contribution in [0.15, 0.2) is 12.4 Å². The van der Waals surface area contributed by atoms with Crippen molar-refractivity contribution in [3.8, 4) is 11.3 Å². The van der Waals surface area contributed by atoms with E-state index in [1.165, 1.54) is 0 Å². The molecule has 1 amide bonds. The fraction of sp³-hybridized carbons (Fsp3) is 0.591. The number of anilines is 3. The van der Waals surface area contributed by atoms with Crippen LogP contribution in [-0.2, 0) is 15.9 Å². The third-order valence-electron chi connectivity index (χ3n) is 6.04. The third kappa shape index (κ3) is 4.37. The summed E-state index contributed by atoms with van der Waals surface area (Å²) in [7, 11) is 0. The van der Waals surface area contributed by atoms with Crippen LogP contribution < -0.4 is 15.5 Å². The fourth-order valence-corrected chi connectivity index (χ4v) is 4.35. The predicted octanol–water partition coefficient (Wildman–Crippen LogP) is 1.33. The summed E-state index contributed by atoms with van der Waals surface area (Å²) >= 11 is 0. The van der Waals surface area contributed by atoms with Crippen molar-refractivity contribution in [2.24, 2.45) is 0 Å². The Morgan fingerprint density at radius 1 is 1.12 bits per heavy atom. The van der Waals surface area contributed by atoms with Crippen molar-refractivity contribution >= 4 is 23.8 Å². The number of carbonyl (C=O) groups is 1. The summed E-state index contributed by atoms with van der Waals surface area (Å²) in [5, 5.41) is 0. The van der Waals surface area contributed by atoms with E-state index in [9.17, 15) is 4.79 Å². The van der Waals surface area contributed by atoms with Gasteiger partial charge in [-0.15, -0.1) is 0 Å². The molecule has 0 radical (unpaired) electrons. The monoisotopic (exact) mass is 454 g/mol. The summed E-state index contributed by atoms with van der Waals surface area (Å²) in [4.78, 5) is 36.8.